The van der Waals surface area contributed by atoms with Crippen molar-refractivity contribution in [3.63, 3.8) is 0 Å². The van der Waals surface area contributed by atoms with Gasteiger partial charge < -0.3 is 15.7 Å². The van der Waals surface area contributed by atoms with E-state index in [1.54, 1.807) is 32.0 Å². The molecule has 0 radical (unpaired) electrons. The number of carbonyl (C=O) groups is 2. The highest BCUT2D eigenvalue weighted by Crippen LogP contribution is 2.32. The van der Waals surface area contributed by atoms with Gasteiger partial charge in [0.2, 0.25) is 5.91 Å². The van der Waals surface area contributed by atoms with Crippen molar-refractivity contribution in [1.29, 1.82) is 0 Å². The smallest absolute Gasteiger partial charge is 0.255 e. The second-order valence-corrected chi connectivity index (χ2v) is 5.54. The Morgan fingerprint density at radius 1 is 1.25 bits per heavy atom. The SMILES string of the molecule is C=C(C)C(=O)NCCNC(=O)c1cc(F)c2c(C)cccc2c1O. The summed E-state index contributed by atoms with van der Waals surface area (Å²) in [5.41, 5.74) is 0.900. The predicted octanol–water partition coefficient (Wildman–Crippen LogP) is 2.42. The molecule has 0 saturated heterocycles. The molecule has 0 bridgehead atoms. The van der Waals surface area contributed by atoms with Crippen LogP contribution in [-0.2, 0) is 4.79 Å². The van der Waals surface area contributed by atoms with E-state index in [-0.39, 0.29) is 35.7 Å². The molecule has 0 aliphatic heterocycles. The fourth-order valence-corrected chi connectivity index (χ4v) is 2.37. The molecule has 126 valence electrons. The van der Waals surface area contributed by atoms with Crippen molar-refractivity contribution in [2.24, 2.45) is 0 Å². The number of hydrogen-bond acceptors (Lipinski definition) is 3. The topological polar surface area (TPSA) is 78.4 Å². The largest absolute Gasteiger partial charge is 0.506 e. The summed E-state index contributed by atoms with van der Waals surface area (Å²) in [6.45, 7) is 7.15. The number of carbonyl (C=O) groups excluding carboxylic acids is 2. The summed E-state index contributed by atoms with van der Waals surface area (Å²) in [7, 11) is 0. The lowest BCUT2D eigenvalue weighted by Crippen LogP contribution is -2.34. The Bertz CT molecular complexity index is 831. The van der Waals surface area contributed by atoms with Crippen molar-refractivity contribution in [2.75, 3.05) is 13.1 Å². The first-order valence-electron chi connectivity index (χ1n) is 7.45. The van der Waals surface area contributed by atoms with E-state index in [2.05, 4.69) is 17.2 Å². The van der Waals surface area contributed by atoms with Crippen LogP contribution in [0, 0.1) is 12.7 Å². The zero-order valence-electron chi connectivity index (χ0n) is 13.6. The highest BCUT2D eigenvalue weighted by atomic mass is 19.1. The number of hydrogen-bond donors (Lipinski definition) is 3. The molecule has 0 aliphatic rings. The summed E-state index contributed by atoms with van der Waals surface area (Å²) in [5.74, 6) is -1.75. The third-order valence-corrected chi connectivity index (χ3v) is 3.62. The van der Waals surface area contributed by atoms with E-state index >= 15 is 0 Å². The van der Waals surface area contributed by atoms with Gasteiger partial charge in [-0.3, -0.25) is 9.59 Å². The molecule has 2 amide bonds. The third-order valence-electron chi connectivity index (χ3n) is 3.62. The van der Waals surface area contributed by atoms with E-state index < -0.39 is 11.7 Å². The van der Waals surface area contributed by atoms with E-state index in [0.29, 0.717) is 16.5 Å². The van der Waals surface area contributed by atoms with Crippen LogP contribution in [0.4, 0.5) is 4.39 Å². The van der Waals surface area contributed by atoms with E-state index in [1.807, 2.05) is 0 Å². The second kappa shape index (κ2) is 7.12. The maximum absolute atomic E-state index is 14.3. The molecule has 0 aromatic heterocycles. The van der Waals surface area contributed by atoms with Crippen LogP contribution < -0.4 is 10.6 Å². The molecule has 0 fully saturated rings. The average molecular weight is 330 g/mol. The molecule has 6 heteroatoms. The second-order valence-electron chi connectivity index (χ2n) is 5.54. The number of fused-ring (bicyclic) bond motifs is 1. The number of benzene rings is 2. The lowest BCUT2D eigenvalue weighted by molar-refractivity contribution is -0.117. The minimum absolute atomic E-state index is 0.142. The molecule has 3 N–H and O–H groups in total. The van der Waals surface area contributed by atoms with Crippen molar-refractivity contribution in [3.8, 4) is 5.75 Å². The number of phenols is 1. The summed E-state index contributed by atoms with van der Waals surface area (Å²) >= 11 is 0. The van der Waals surface area contributed by atoms with Crippen LogP contribution in [0.2, 0.25) is 0 Å². The molecule has 0 heterocycles. The van der Waals surface area contributed by atoms with Crippen LogP contribution in [0.1, 0.15) is 22.8 Å². The van der Waals surface area contributed by atoms with Gasteiger partial charge >= 0.3 is 0 Å². The Kier molecular flexibility index (Phi) is 5.18. The molecular weight excluding hydrogens is 311 g/mol. The van der Waals surface area contributed by atoms with Crippen LogP contribution in [0.3, 0.4) is 0 Å². The highest BCUT2D eigenvalue weighted by Gasteiger charge is 2.18. The van der Waals surface area contributed by atoms with Gasteiger partial charge in [-0.15, -0.1) is 0 Å². The molecule has 0 atom stereocenters. The Balaban J connectivity index is 2.14. The first kappa shape index (κ1) is 17.5. The molecule has 5 nitrogen and oxygen atoms in total. The summed E-state index contributed by atoms with van der Waals surface area (Å²) in [6, 6.07) is 6.00. The molecule has 24 heavy (non-hydrogen) atoms. The van der Waals surface area contributed by atoms with Crippen molar-refractivity contribution in [1.82, 2.24) is 10.6 Å². The van der Waals surface area contributed by atoms with E-state index in [4.69, 9.17) is 0 Å². The number of halogens is 1. The Morgan fingerprint density at radius 2 is 1.92 bits per heavy atom. The van der Waals surface area contributed by atoms with Crippen LogP contribution in [0.5, 0.6) is 5.75 Å². The van der Waals surface area contributed by atoms with Gasteiger partial charge in [0, 0.05) is 29.4 Å². The zero-order chi connectivity index (χ0) is 17.9. The van der Waals surface area contributed by atoms with Crippen molar-refractivity contribution in [2.45, 2.75) is 13.8 Å². The zero-order valence-corrected chi connectivity index (χ0v) is 13.6. The monoisotopic (exact) mass is 330 g/mol. The first-order chi connectivity index (χ1) is 11.3. The van der Waals surface area contributed by atoms with Crippen LogP contribution >= 0.6 is 0 Å². The third kappa shape index (κ3) is 3.53. The van der Waals surface area contributed by atoms with E-state index in [9.17, 15) is 19.1 Å². The maximum Gasteiger partial charge on any atom is 0.255 e. The fourth-order valence-electron chi connectivity index (χ4n) is 2.37. The first-order valence-corrected chi connectivity index (χ1v) is 7.45. The van der Waals surface area contributed by atoms with Gasteiger partial charge in [0.25, 0.3) is 5.91 Å². The summed E-state index contributed by atoms with van der Waals surface area (Å²) < 4.78 is 14.3. The summed E-state index contributed by atoms with van der Waals surface area (Å²) in [6.07, 6.45) is 0. The Hall–Kier alpha value is -2.89. The van der Waals surface area contributed by atoms with Crippen LogP contribution in [-0.4, -0.2) is 30.0 Å². The quantitative estimate of drug-likeness (QED) is 0.582. The minimum Gasteiger partial charge on any atom is -0.506 e. The molecule has 0 unspecified atom stereocenters. The van der Waals surface area contributed by atoms with Gasteiger partial charge in [-0.05, 0) is 25.5 Å². The van der Waals surface area contributed by atoms with Crippen molar-refractivity contribution < 1.29 is 19.1 Å². The minimum atomic E-state index is -0.612. The van der Waals surface area contributed by atoms with Crippen molar-refractivity contribution >= 4 is 22.6 Å². The van der Waals surface area contributed by atoms with Gasteiger partial charge in [-0.25, -0.2) is 4.39 Å². The molecule has 0 saturated carbocycles. The molecular formula is C18H19FN2O3. The lowest BCUT2D eigenvalue weighted by atomic mass is 10.0. The Morgan fingerprint density at radius 3 is 2.58 bits per heavy atom. The average Bonchev–Trinajstić information content (AvgIpc) is 2.54. The van der Waals surface area contributed by atoms with Gasteiger partial charge in [0.05, 0.1) is 5.56 Å². The molecule has 0 aliphatic carbocycles. The Labute approximate surface area is 139 Å². The van der Waals surface area contributed by atoms with E-state index in [0.717, 1.165) is 6.07 Å². The van der Waals surface area contributed by atoms with Gasteiger partial charge in [-0.1, -0.05) is 24.8 Å². The number of rotatable bonds is 5. The lowest BCUT2D eigenvalue weighted by Gasteiger charge is -2.11. The van der Waals surface area contributed by atoms with E-state index in [1.165, 1.54) is 0 Å². The highest BCUT2D eigenvalue weighted by molar-refractivity contribution is 6.04. The number of phenolic OH excluding ortho intramolecular Hbond substituents is 1. The summed E-state index contributed by atoms with van der Waals surface area (Å²) in [4.78, 5) is 23.5. The number of nitrogens with one attached hydrogen (secondary N) is 2. The van der Waals surface area contributed by atoms with Gasteiger partial charge in [0.1, 0.15) is 11.6 Å². The summed E-state index contributed by atoms with van der Waals surface area (Å²) in [5, 5.41) is 15.9. The number of aryl methyl sites for hydroxylation is 1. The normalized spacial score (nSPS) is 10.5. The van der Waals surface area contributed by atoms with Crippen LogP contribution in [0.15, 0.2) is 36.4 Å². The standard InChI is InChI=1S/C18H19FN2O3/c1-10(2)17(23)20-7-8-21-18(24)13-9-14(19)15-11(3)5-4-6-12(15)16(13)22/h4-6,9,22H,1,7-8H2,2-3H3,(H,20,23)(H,21,24). The number of aromatic hydroxyl groups is 1. The molecule has 2 rings (SSSR count). The predicted molar refractivity (Wildman–Crippen MR) is 90.5 cm³/mol. The van der Waals surface area contributed by atoms with Crippen molar-refractivity contribution in [3.05, 3.63) is 53.4 Å². The number of amides is 2. The van der Waals surface area contributed by atoms with Crippen LogP contribution in [0.25, 0.3) is 10.8 Å². The van der Waals surface area contributed by atoms with Gasteiger partial charge in [0.15, 0.2) is 0 Å². The molecule has 2 aromatic carbocycles. The fraction of sp³-hybridized carbons (Fsp3) is 0.222. The van der Waals surface area contributed by atoms with Gasteiger partial charge in [-0.2, -0.15) is 0 Å². The molecule has 0 spiro atoms. The maximum atomic E-state index is 14.3. The molecule has 2 aromatic rings.